The average molecular weight is 398 g/mol. The number of hydrogen-bond acceptors (Lipinski definition) is 3. The topological polar surface area (TPSA) is 43.6 Å². The third kappa shape index (κ3) is 3.06. The molecule has 0 aliphatic carbocycles. The minimum Gasteiger partial charge on any atom is -0.256 e. The highest BCUT2D eigenvalue weighted by atomic mass is 15.3. The van der Waals surface area contributed by atoms with Gasteiger partial charge < -0.3 is 0 Å². The molecule has 0 aliphatic heterocycles. The lowest BCUT2D eigenvalue weighted by atomic mass is 10.0. The molecule has 0 spiro atoms. The number of hydrogen-bond donors (Lipinski definition) is 0. The first-order valence-electron chi connectivity index (χ1n) is 10.2. The van der Waals surface area contributed by atoms with Crippen molar-refractivity contribution in [3.05, 3.63) is 109 Å². The molecule has 4 heteroatoms. The van der Waals surface area contributed by atoms with E-state index >= 15 is 0 Å². The van der Waals surface area contributed by atoms with Crippen molar-refractivity contribution < 1.29 is 0 Å². The van der Waals surface area contributed by atoms with Gasteiger partial charge in [-0.1, -0.05) is 60.7 Å². The standard InChI is InChI=1S/C27H18N4/c1-3-9-19(10-4-1)26-23-18-21-17-20(24-13-7-8-16-28-24)14-15-25(21)29-27(23)31(30-26)22-11-5-2-6-12-22/h1-18H. The smallest absolute Gasteiger partial charge is 0.164 e. The van der Waals surface area contributed by atoms with Crippen molar-refractivity contribution in [1.29, 1.82) is 0 Å². The van der Waals surface area contributed by atoms with Gasteiger partial charge in [0.2, 0.25) is 0 Å². The summed E-state index contributed by atoms with van der Waals surface area (Å²) >= 11 is 0. The van der Waals surface area contributed by atoms with Gasteiger partial charge >= 0.3 is 0 Å². The summed E-state index contributed by atoms with van der Waals surface area (Å²) in [4.78, 5) is 9.51. The fraction of sp³-hybridized carbons (Fsp3) is 0. The molecule has 0 saturated carbocycles. The summed E-state index contributed by atoms with van der Waals surface area (Å²) < 4.78 is 1.93. The molecule has 31 heavy (non-hydrogen) atoms. The van der Waals surface area contributed by atoms with Gasteiger partial charge in [0.1, 0.15) is 5.69 Å². The van der Waals surface area contributed by atoms with E-state index < -0.39 is 0 Å². The summed E-state index contributed by atoms with van der Waals surface area (Å²) in [5.74, 6) is 0. The lowest BCUT2D eigenvalue weighted by Crippen LogP contribution is -1.97. The zero-order valence-electron chi connectivity index (χ0n) is 16.7. The Hall–Kier alpha value is -4.31. The Labute approximate surface area is 179 Å². The van der Waals surface area contributed by atoms with E-state index in [1.807, 2.05) is 65.5 Å². The van der Waals surface area contributed by atoms with Crippen LogP contribution in [0.4, 0.5) is 0 Å². The van der Waals surface area contributed by atoms with Crippen LogP contribution in [0.25, 0.3) is 50.1 Å². The molecule has 0 saturated heterocycles. The van der Waals surface area contributed by atoms with Gasteiger partial charge in [-0.3, -0.25) is 4.98 Å². The molecular weight excluding hydrogens is 380 g/mol. The zero-order valence-corrected chi connectivity index (χ0v) is 16.7. The number of pyridine rings is 2. The van der Waals surface area contributed by atoms with Crippen molar-refractivity contribution in [2.24, 2.45) is 0 Å². The van der Waals surface area contributed by atoms with Crippen molar-refractivity contribution >= 4 is 21.9 Å². The largest absolute Gasteiger partial charge is 0.256 e. The van der Waals surface area contributed by atoms with E-state index in [-0.39, 0.29) is 0 Å². The van der Waals surface area contributed by atoms with Crippen LogP contribution in [0.3, 0.4) is 0 Å². The molecule has 0 aliphatic rings. The van der Waals surface area contributed by atoms with Gasteiger partial charge in [0.25, 0.3) is 0 Å². The van der Waals surface area contributed by atoms with Crippen LogP contribution in [-0.4, -0.2) is 19.7 Å². The number of rotatable bonds is 3. The number of nitrogens with zero attached hydrogens (tertiary/aromatic N) is 4. The van der Waals surface area contributed by atoms with E-state index in [1.165, 1.54) is 0 Å². The first-order chi connectivity index (χ1) is 15.4. The summed E-state index contributed by atoms with van der Waals surface area (Å²) in [6.45, 7) is 0. The molecular formula is C27H18N4. The maximum Gasteiger partial charge on any atom is 0.164 e. The van der Waals surface area contributed by atoms with Crippen LogP contribution in [0, 0.1) is 0 Å². The Balaban J connectivity index is 1.64. The van der Waals surface area contributed by atoms with Gasteiger partial charge in [-0.25, -0.2) is 9.67 Å². The van der Waals surface area contributed by atoms with Crippen molar-refractivity contribution in [1.82, 2.24) is 19.7 Å². The van der Waals surface area contributed by atoms with E-state index in [1.54, 1.807) is 0 Å². The van der Waals surface area contributed by atoms with Crippen LogP contribution in [0.15, 0.2) is 109 Å². The molecule has 0 amide bonds. The summed E-state index contributed by atoms with van der Waals surface area (Å²) in [5.41, 5.74) is 6.80. The molecule has 0 N–H and O–H groups in total. The van der Waals surface area contributed by atoms with Gasteiger partial charge in [-0.15, -0.1) is 0 Å². The Morgan fingerprint density at radius 3 is 2.19 bits per heavy atom. The van der Waals surface area contributed by atoms with Crippen LogP contribution in [0.5, 0.6) is 0 Å². The van der Waals surface area contributed by atoms with Crippen LogP contribution < -0.4 is 0 Å². The maximum atomic E-state index is 5.02. The average Bonchev–Trinajstić information content (AvgIpc) is 3.22. The van der Waals surface area contributed by atoms with Crippen molar-refractivity contribution in [2.75, 3.05) is 0 Å². The van der Waals surface area contributed by atoms with Crippen molar-refractivity contribution in [3.8, 4) is 28.2 Å². The monoisotopic (exact) mass is 398 g/mol. The van der Waals surface area contributed by atoms with Crippen LogP contribution in [0.1, 0.15) is 0 Å². The first kappa shape index (κ1) is 17.5. The molecule has 0 atom stereocenters. The molecule has 3 aromatic heterocycles. The zero-order chi connectivity index (χ0) is 20.6. The minimum atomic E-state index is 0.850. The van der Waals surface area contributed by atoms with E-state index in [4.69, 9.17) is 10.1 Å². The Morgan fingerprint density at radius 2 is 1.42 bits per heavy atom. The highest BCUT2D eigenvalue weighted by Gasteiger charge is 2.16. The second-order valence-electron chi connectivity index (χ2n) is 7.44. The van der Waals surface area contributed by atoms with E-state index in [0.717, 1.165) is 50.1 Å². The van der Waals surface area contributed by atoms with Crippen LogP contribution in [-0.2, 0) is 0 Å². The second-order valence-corrected chi connectivity index (χ2v) is 7.44. The molecule has 146 valence electrons. The van der Waals surface area contributed by atoms with Crippen molar-refractivity contribution in [2.45, 2.75) is 0 Å². The summed E-state index contributed by atoms with van der Waals surface area (Å²) in [6, 6.07) is 34.9. The predicted octanol–water partition coefficient (Wildman–Crippen LogP) is 6.30. The first-order valence-corrected chi connectivity index (χ1v) is 10.2. The molecule has 6 rings (SSSR count). The lowest BCUT2D eigenvalue weighted by Gasteiger charge is -2.05. The Bertz CT molecular complexity index is 1510. The summed E-state index contributed by atoms with van der Waals surface area (Å²) in [5, 5.41) is 7.07. The summed E-state index contributed by atoms with van der Waals surface area (Å²) in [7, 11) is 0. The molecule has 0 radical (unpaired) electrons. The van der Waals surface area contributed by atoms with Gasteiger partial charge in [-0.05, 0) is 42.5 Å². The van der Waals surface area contributed by atoms with Crippen molar-refractivity contribution in [3.63, 3.8) is 0 Å². The molecule has 0 unspecified atom stereocenters. The highest BCUT2D eigenvalue weighted by molar-refractivity contribution is 6.00. The molecule has 0 bridgehead atoms. The quantitative estimate of drug-likeness (QED) is 0.351. The van der Waals surface area contributed by atoms with E-state index in [2.05, 4.69) is 53.5 Å². The van der Waals surface area contributed by atoms with Crippen LogP contribution >= 0.6 is 0 Å². The van der Waals surface area contributed by atoms with Gasteiger partial charge in [-0.2, -0.15) is 5.10 Å². The minimum absolute atomic E-state index is 0.850. The number of para-hydroxylation sites is 1. The normalized spacial score (nSPS) is 11.2. The molecule has 3 aromatic carbocycles. The Morgan fingerprint density at radius 1 is 0.645 bits per heavy atom. The maximum absolute atomic E-state index is 5.02. The van der Waals surface area contributed by atoms with Gasteiger partial charge in [0.15, 0.2) is 5.65 Å². The fourth-order valence-electron chi connectivity index (χ4n) is 3.95. The lowest BCUT2D eigenvalue weighted by molar-refractivity contribution is 0.903. The molecule has 0 fully saturated rings. The molecule has 3 heterocycles. The number of fused-ring (bicyclic) bond motifs is 2. The second kappa shape index (κ2) is 7.18. The molecule has 6 aromatic rings. The summed E-state index contributed by atoms with van der Waals surface area (Å²) in [6.07, 6.45) is 1.82. The highest BCUT2D eigenvalue weighted by Crippen LogP contribution is 2.32. The SMILES string of the molecule is c1ccc(-c2nn(-c3ccccc3)c3nc4ccc(-c5ccccn5)cc4cc23)cc1. The van der Waals surface area contributed by atoms with E-state index in [0.29, 0.717) is 0 Å². The van der Waals surface area contributed by atoms with Gasteiger partial charge in [0.05, 0.1) is 16.9 Å². The fourth-order valence-corrected chi connectivity index (χ4v) is 3.95. The predicted molar refractivity (Wildman–Crippen MR) is 125 cm³/mol. The number of aromatic nitrogens is 4. The Kier molecular flexibility index (Phi) is 4.06. The van der Waals surface area contributed by atoms with Crippen LogP contribution in [0.2, 0.25) is 0 Å². The third-order valence-electron chi connectivity index (χ3n) is 5.46. The third-order valence-corrected chi connectivity index (χ3v) is 5.46. The van der Waals surface area contributed by atoms with E-state index in [9.17, 15) is 0 Å². The van der Waals surface area contributed by atoms with Gasteiger partial charge in [0, 0.05) is 28.1 Å². The number of benzene rings is 3. The molecule has 4 nitrogen and oxygen atoms in total.